The molecule has 0 bridgehead atoms. The zero-order valence-electron chi connectivity index (χ0n) is 10.2. The van der Waals surface area contributed by atoms with E-state index < -0.39 is 0 Å². The van der Waals surface area contributed by atoms with Crippen LogP contribution < -0.4 is 5.32 Å². The van der Waals surface area contributed by atoms with Crippen molar-refractivity contribution in [3.05, 3.63) is 71.0 Å². The second-order valence-corrected chi connectivity index (χ2v) is 4.30. The van der Waals surface area contributed by atoms with Gasteiger partial charge < -0.3 is 5.32 Å². The first kappa shape index (κ1) is 13.3. The van der Waals surface area contributed by atoms with Crippen LogP contribution in [0.3, 0.4) is 0 Å². The van der Waals surface area contributed by atoms with Gasteiger partial charge in [-0.1, -0.05) is 35.9 Å². The Kier molecular flexibility index (Phi) is 4.70. The number of aromatic nitrogens is 1. The highest BCUT2D eigenvalue weighted by atomic mass is 35.5. The number of pyridine rings is 1. The smallest absolute Gasteiger partial charge is 0.244 e. The predicted molar refractivity (Wildman–Crippen MR) is 76.6 cm³/mol. The summed E-state index contributed by atoms with van der Waals surface area (Å²) in [5, 5.41) is 3.38. The number of carbonyl (C=O) groups is 1. The highest BCUT2D eigenvalue weighted by Gasteiger charge is 1.98. The average Bonchev–Trinajstić information content (AvgIpc) is 2.45. The second kappa shape index (κ2) is 6.71. The molecule has 0 unspecified atom stereocenters. The monoisotopic (exact) mass is 272 g/mol. The van der Waals surface area contributed by atoms with E-state index in [0.717, 1.165) is 11.3 Å². The largest absolute Gasteiger partial charge is 0.347 e. The zero-order chi connectivity index (χ0) is 13.5. The lowest BCUT2D eigenvalue weighted by atomic mass is 10.2. The molecule has 0 aliphatic carbocycles. The summed E-state index contributed by atoms with van der Waals surface area (Å²) in [5.41, 5.74) is 1.64. The Bertz CT molecular complexity index is 582. The van der Waals surface area contributed by atoms with Crippen LogP contribution >= 0.6 is 11.6 Å². The van der Waals surface area contributed by atoms with Gasteiger partial charge in [-0.25, -0.2) is 0 Å². The van der Waals surface area contributed by atoms with E-state index in [1.807, 2.05) is 36.4 Å². The molecular weight excluding hydrogens is 260 g/mol. The minimum atomic E-state index is -0.175. The van der Waals surface area contributed by atoms with Gasteiger partial charge in [-0.05, 0) is 29.8 Å². The molecule has 1 amide bonds. The van der Waals surface area contributed by atoms with Gasteiger partial charge in [-0.15, -0.1) is 0 Å². The lowest BCUT2D eigenvalue weighted by Gasteiger charge is -2.01. The molecule has 0 radical (unpaired) electrons. The van der Waals surface area contributed by atoms with Crippen molar-refractivity contribution in [2.45, 2.75) is 6.54 Å². The summed E-state index contributed by atoms with van der Waals surface area (Å²) in [6.07, 6.45) is 4.85. The molecule has 0 saturated carbocycles. The highest BCUT2D eigenvalue weighted by molar-refractivity contribution is 6.32. The average molecular weight is 273 g/mol. The van der Waals surface area contributed by atoms with Gasteiger partial charge in [-0.2, -0.15) is 0 Å². The first-order chi connectivity index (χ1) is 9.25. The molecule has 2 rings (SSSR count). The van der Waals surface area contributed by atoms with Crippen LogP contribution in [0.15, 0.2) is 54.7 Å². The number of nitrogens with zero attached hydrogens (tertiary/aromatic N) is 1. The van der Waals surface area contributed by atoms with Gasteiger partial charge in [0.25, 0.3) is 0 Å². The Hall–Kier alpha value is -2.13. The molecule has 0 aliphatic rings. The van der Waals surface area contributed by atoms with E-state index in [9.17, 15) is 4.79 Å². The lowest BCUT2D eigenvalue weighted by molar-refractivity contribution is -0.116. The molecule has 0 aliphatic heterocycles. The van der Waals surface area contributed by atoms with Crippen LogP contribution in [0, 0.1) is 0 Å². The fourth-order valence-corrected chi connectivity index (χ4v) is 1.71. The van der Waals surface area contributed by atoms with E-state index in [1.54, 1.807) is 18.3 Å². The highest BCUT2D eigenvalue weighted by Crippen LogP contribution is 2.15. The van der Waals surface area contributed by atoms with Gasteiger partial charge in [0.05, 0.1) is 12.2 Å². The second-order valence-electron chi connectivity index (χ2n) is 3.89. The maximum atomic E-state index is 11.6. The summed E-state index contributed by atoms with van der Waals surface area (Å²) in [6.45, 7) is 0.409. The van der Waals surface area contributed by atoms with Crippen molar-refractivity contribution < 1.29 is 4.79 Å². The van der Waals surface area contributed by atoms with Gasteiger partial charge in [0, 0.05) is 17.3 Å². The zero-order valence-corrected chi connectivity index (χ0v) is 11.0. The van der Waals surface area contributed by atoms with E-state index in [4.69, 9.17) is 11.6 Å². The predicted octanol–water partition coefficient (Wildman–Crippen LogP) is 3.06. The van der Waals surface area contributed by atoms with Gasteiger partial charge in [0.15, 0.2) is 0 Å². The molecule has 3 nitrogen and oxygen atoms in total. The van der Waals surface area contributed by atoms with E-state index >= 15 is 0 Å². The molecule has 1 aromatic heterocycles. The van der Waals surface area contributed by atoms with E-state index in [2.05, 4.69) is 10.3 Å². The van der Waals surface area contributed by atoms with Crippen LogP contribution in [0.4, 0.5) is 0 Å². The maximum Gasteiger partial charge on any atom is 0.244 e. The minimum absolute atomic E-state index is 0.175. The van der Waals surface area contributed by atoms with Crippen LogP contribution in [0.25, 0.3) is 6.08 Å². The molecule has 1 N–H and O–H groups in total. The first-order valence-electron chi connectivity index (χ1n) is 5.86. The van der Waals surface area contributed by atoms with Gasteiger partial charge in [-0.3, -0.25) is 9.78 Å². The van der Waals surface area contributed by atoms with Gasteiger partial charge in [0.2, 0.25) is 5.91 Å². The number of hydrogen-bond acceptors (Lipinski definition) is 2. The van der Waals surface area contributed by atoms with Crippen molar-refractivity contribution in [3.8, 4) is 0 Å². The molecule has 1 heterocycles. The molecule has 96 valence electrons. The number of carbonyl (C=O) groups excluding carboxylic acids is 1. The van der Waals surface area contributed by atoms with Crippen LogP contribution in [0.2, 0.25) is 5.02 Å². The molecule has 1 aromatic carbocycles. The van der Waals surface area contributed by atoms with E-state index in [-0.39, 0.29) is 5.91 Å². The molecule has 4 heteroatoms. The fourth-order valence-electron chi connectivity index (χ4n) is 1.52. The van der Waals surface area contributed by atoms with Crippen LogP contribution in [-0.4, -0.2) is 10.9 Å². The molecule has 0 fully saturated rings. The summed E-state index contributed by atoms with van der Waals surface area (Å²) in [5.74, 6) is -0.175. The number of amides is 1. The van der Waals surface area contributed by atoms with Gasteiger partial charge >= 0.3 is 0 Å². The Morgan fingerprint density at radius 3 is 2.74 bits per heavy atom. The number of hydrogen-bond donors (Lipinski definition) is 1. The lowest BCUT2D eigenvalue weighted by Crippen LogP contribution is -2.20. The van der Waals surface area contributed by atoms with Crippen molar-refractivity contribution in [3.63, 3.8) is 0 Å². The quantitative estimate of drug-likeness (QED) is 0.869. The summed E-state index contributed by atoms with van der Waals surface area (Å²) >= 11 is 5.99. The van der Waals surface area contributed by atoms with Gasteiger partial charge in [0.1, 0.15) is 0 Å². The van der Waals surface area contributed by atoms with Crippen molar-refractivity contribution in [1.82, 2.24) is 10.3 Å². The van der Waals surface area contributed by atoms with E-state index in [0.29, 0.717) is 11.6 Å². The minimum Gasteiger partial charge on any atom is -0.347 e. The SMILES string of the molecule is O=C(/C=C/c1ccccc1Cl)NCc1ccccn1. The standard InChI is InChI=1S/C15H13ClN2O/c16-14-7-2-1-5-12(14)8-9-15(19)18-11-13-6-3-4-10-17-13/h1-10H,11H2,(H,18,19)/b9-8+. The molecule has 0 atom stereocenters. The Labute approximate surface area is 116 Å². The summed E-state index contributed by atoms with van der Waals surface area (Å²) in [7, 11) is 0. The third-order valence-corrected chi connectivity index (χ3v) is 2.83. The molecular formula is C15H13ClN2O. The third-order valence-electron chi connectivity index (χ3n) is 2.49. The Morgan fingerprint density at radius 2 is 2.00 bits per heavy atom. The first-order valence-corrected chi connectivity index (χ1v) is 6.24. The topological polar surface area (TPSA) is 42.0 Å². The van der Waals surface area contributed by atoms with Crippen LogP contribution in [0.5, 0.6) is 0 Å². The van der Waals surface area contributed by atoms with Crippen molar-refractivity contribution in [2.75, 3.05) is 0 Å². The van der Waals surface area contributed by atoms with Crippen LogP contribution in [-0.2, 0) is 11.3 Å². The van der Waals surface area contributed by atoms with E-state index in [1.165, 1.54) is 6.08 Å². The Balaban J connectivity index is 1.90. The fraction of sp³-hybridized carbons (Fsp3) is 0.0667. The van der Waals surface area contributed by atoms with Crippen LogP contribution in [0.1, 0.15) is 11.3 Å². The summed E-state index contributed by atoms with van der Waals surface area (Å²) in [6, 6.07) is 12.9. The number of nitrogens with one attached hydrogen (secondary N) is 1. The molecule has 0 spiro atoms. The molecule has 19 heavy (non-hydrogen) atoms. The summed E-state index contributed by atoms with van der Waals surface area (Å²) < 4.78 is 0. The normalized spacial score (nSPS) is 10.6. The van der Waals surface area contributed by atoms with Crippen molar-refractivity contribution in [2.24, 2.45) is 0 Å². The molecule has 0 saturated heterocycles. The number of benzene rings is 1. The molecule has 2 aromatic rings. The van der Waals surface area contributed by atoms with Crippen molar-refractivity contribution >= 4 is 23.6 Å². The third kappa shape index (κ3) is 4.23. The Morgan fingerprint density at radius 1 is 1.21 bits per heavy atom. The number of rotatable bonds is 4. The van der Waals surface area contributed by atoms with Crippen molar-refractivity contribution in [1.29, 1.82) is 0 Å². The maximum absolute atomic E-state index is 11.6. The summed E-state index contributed by atoms with van der Waals surface area (Å²) in [4.78, 5) is 15.8. The number of halogens is 1.